The van der Waals surface area contributed by atoms with Gasteiger partial charge in [-0.05, 0) is 19.9 Å². The number of carbonyl (C=O) groups is 1. The standard InChI is InChI=1S/C13H12O4/c1-3-16-13(15)11-8(2)12(14)17-10-7-5-4-6-9(10)11/h4-7H,3H2,1-2H3. The first kappa shape index (κ1) is 11.4. The molecule has 0 saturated carbocycles. The normalized spacial score (nSPS) is 10.5. The first-order valence-corrected chi connectivity index (χ1v) is 5.34. The Hall–Kier alpha value is -2.10. The number of fused-ring (bicyclic) bond motifs is 1. The molecule has 2 aromatic rings. The van der Waals surface area contributed by atoms with E-state index in [1.807, 2.05) is 0 Å². The van der Waals surface area contributed by atoms with Gasteiger partial charge in [0.15, 0.2) is 0 Å². The van der Waals surface area contributed by atoms with E-state index in [-0.39, 0.29) is 12.2 Å². The number of carbonyl (C=O) groups excluding carboxylic acids is 1. The molecular weight excluding hydrogens is 220 g/mol. The maximum absolute atomic E-state index is 11.8. The molecule has 0 radical (unpaired) electrons. The summed E-state index contributed by atoms with van der Waals surface area (Å²) in [5.74, 6) is -0.492. The molecule has 0 fully saturated rings. The van der Waals surface area contributed by atoms with Crippen LogP contribution in [0.15, 0.2) is 33.5 Å². The number of rotatable bonds is 2. The highest BCUT2D eigenvalue weighted by atomic mass is 16.5. The molecule has 0 bridgehead atoms. The summed E-state index contributed by atoms with van der Waals surface area (Å²) in [6.45, 7) is 3.55. The van der Waals surface area contributed by atoms with Crippen molar-refractivity contribution in [1.29, 1.82) is 0 Å². The molecule has 0 saturated heterocycles. The number of esters is 1. The minimum absolute atomic E-state index is 0.271. The molecule has 4 nitrogen and oxygen atoms in total. The van der Waals surface area contributed by atoms with Crippen molar-refractivity contribution >= 4 is 16.9 Å². The van der Waals surface area contributed by atoms with Crippen LogP contribution in [0.2, 0.25) is 0 Å². The number of hydrogen-bond donors (Lipinski definition) is 0. The van der Waals surface area contributed by atoms with Crippen LogP contribution in [0, 0.1) is 6.92 Å². The molecule has 17 heavy (non-hydrogen) atoms. The van der Waals surface area contributed by atoms with E-state index in [0.717, 1.165) is 0 Å². The van der Waals surface area contributed by atoms with Gasteiger partial charge in [-0.1, -0.05) is 18.2 Å². The molecule has 2 rings (SSSR count). The van der Waals surface area contributed by atoms with Crippen LogP contribution in [0.3, 0.4) is 0 Å². The molecule has 1 heterocycles. The molecule has 0 spiro atoms. The number of para-hydroxylation sites is 1. The largest absolute Gasteiger partial charge is 0.462 e. The molecule has 1 aromatic carbocycles. The van der Waals surface area contributed by atoms with Crippen molar-refractivity contribution in [2.75, 3.05) is 6.61 Å². The third kappa shape index (κ3) is 1.93. The van der Waals surface area contributed by atoms with Gasteiger partial charge in [0, 0.05) is 10.9 Å². The first-order valence-electron chi connectivity index (χ1n) is 5.34. The van der Waals surface area contributed by atoms with E-state index in [2.05, 4.69) is 0 Å². The van der Waals surface area contributed by atoms with Crippen LogP contribution in [0.4, 0.5) is 0 Å². The summed E-state index contributed by atoms with van der Waals surface area (Å²) in [6, 6.07) is 6.91. The van der Waals surface area contributed by atoms with Gasteiger partial charge in [0.1, 0.15) is 5.58 Å². The Morgan fingerprint density at radius 3 is 2.76 bits per heavy atom. The fourth-order valence-corrected chi connectivity index (χ4v) is 1.71. The summed E-state index contributed by atoms with van der Waals surface area (Å²) in [7, 11) is 0. The second-order valence-electron chi connectivity index (χ2n) is 3.61. The predicted molar refractivity (Wildman–Crippen MR) is 63.2 cm³/mol. The second kappa shape index (κ2) is 4.41. The van der Waals surface area contributed by atoms with Gasteiger partial charge in [0.25, 0.3) is 0 Å². The summed E-state index contributed by atoms with van der Waals surface area (Å²) in [6.07, 6.45) is 0. The molecule has 0 atom stereocenters. The van der Waals surface area contributed by atoms with Gasteiger partial charge in [0.2, 0.25) is 0 Å². The van der Waals surface area contributed by atoms with Crippen molar-refractivity contribution in [3.05, 3.63) is 45.8 Å². The van der Waals surface area contributed by atoms with Crippen LogP contribution in [0.1, 0.15) is 22.8 Å². The van der Waals surface area contributed by atoms with E-state index in [9.17, 15) is 9.59 Å². The Kier molecular flexibility index (Phi) is 2.95. The first-order chi connectivity index (χ1) is 8.15. The molecular formula is C13H12O4. The highest BCUT2D eigenvalue weighted by Gasteiger charge is 2.18. The lowest BCUT2D eigenvalue weighted by Crippen LogP contribution is -2.14. The van der Waals surface area contributed by atoms with Crippen molar-refractivity contribution in [1.82, 2.24) is 0 Å². The third-order valence-corrected chi connectivity index (χ3v) is 2.52. The highest BCUT2D eigenvalue weighted by molar-refractivity contribution is 6.03. The molecule has 0 N–H and O–H groups in total. The maximum Gasteiger partial charge on any atom is 0.340 e. The van der Waals surface area contributed by atoms with Crippen LogP contribution in [0.25, 0.3) is 11.0 Å². The average molecular weight is 232 g/mol. The summed E-state index contributed by atoms with van der Waals surface area (Å²) in [4.78, 5) is 23.4. The maximum atomic E-state index is 11.8. The van der Waals surface area contributed by atoms with Crippen LogP contribution >= 0.6 is 0 Å². The zero-order chi connectivity index (χ0) is 12.4. The summed E-state index contributed by atoms with van der Waals surface area (Å²) in [5, 5.41) is 0.600. The summed E-state index contributed by atoms with van der Waals surface area (Å²) in [5.41, 5.74) is 0.457. The van der Waals surface area contributed by atoms with Gasteiger partial charge in [0.05, 0.1) is 12.2 Å². The van der Waals surface area contributed by atoms with Gasteiger partial charge in [-0.15, -0.1) is 0 Å². The SMILES string of the molecule is CCOC(=O)c1c(C)c(=O)oc2ccccc12. The highest BCUT2D eigenvalue weighted by Crippen LogP contribution is 2.20. The van der Waals surface area contributed by atoms with Crippen molar-refractivity contribution in [2.45, 2.75) is 13.8 Å². The number of hydrogen-bond acceptors (Lipinski definition) is 4. The lowest BCUT2D eigenvalue weighted by atomic mass is 10.1. The van der Waals surface area contributed by atoms with Crippen LogP contribution in [-0.2, 0) is 4.74 Å². The van der Waals surface area contributed by atoms with Gasteiger partial charge >= 0.3 is 11.6 Å². The summed E-state index contributed by atoms with van der Waals surface area (Å²) >= 11 is 0. The van der Waals surface area contributed by atoms with Gasteiger partial charge in [-0.25, -0.2) is 9.59 Å². The van der Waals surface area contributed by atoms with Gasteiger partial charge in [-0.3, -0.25) is 0 Å². The Bertz CT molecular complexity index is 625. The summed E-state index contributed by atoms with van der Waals surface area (Å²) < 4.78 is 10.1. The lowest BCUT2D eigenvalue weighted by Gasteiger charge is -2.07. The molecule has 0 aliphatic carbocycles. The van der Waals surface area contributed by atoms with Crippen LogP contribution in [-0.4, -0.2) is 12.6 Å². The lowest BCUT2D eigenvalue weighted by molar-refractivity contribution is 0.0527. The zero-order valence-electron chi connectivity index (χ0n) is 9.65. The van der Waals surface area contributed by atoms with Gasteiger partial charge in [-0.2, -0.15) is 0 Å². The molecule has 88 valence electrons. The van der Waals surface area contributed by atoms with Crippen molar-refractivity contribution in [3.63, 3.8) is 0 Å². The Balaban J connectivity index is 2.79. The Morgan fingerprint density at radius 2 is 2.06 bits per heavy atom. The van der Waals surface area contributed by atoms with E-state index in [0.29, 0.717) is 16.5 Å². The molecule has 1 aromatic heterocycles. The van der Waals surface area contributed by atoms with E-state index in [4.69, 9.17) is 9.15 Å². The fourth-order valence-electron chi connectivity index (χ4n) is 1.71. The number of benzene rings is 1. The minimum Gasteiger partial charge on any atom is -0.462 e. The molecule has 4 heteroatoms. The predicted octanol–water partition coefficient (Wildman–Crippen LogP) is 2.28. The van der Waals surface area contributed by atoms with Crippen molar-refractivity contribution in [3.8, 4) is 0 Å². The molecule has 0 amide bonds. The molecule has 0 unspecified atom stereocenters. The third-order valence-electron chi connectivity index (χ3n) is 2.52. The fraction of sp³-hybridized carbons (Fsp3) is 0.231. The van der Waals surface area contributed by atoms with E-state index >= 15 is 0 Å². The van der Waals surface area contributed by atoms with Crippen molar-refractivity contribution < 1.29 is 13.9 Å². The smallest absolute Gasteiger partial charge is 0.340 e. The quantitative estimate of drug-likeness (QED) is 0.588. The topological polar surface area (TPSA) is 56.5 Å². The monoisotopic (exact) mass is 232 g/mol. The Morgan fingerprint density at radius 1 is 1.35 bits per heavy atom. The number of ether oxygens (including phenoxy) is 1. The van der Waals surface area contributed by atoms with E-state index in [1.165, 1.54) is 0 Å². The molecule has 0 aliphatic heterocycles. The van der Waals surface area contributed by atoms with Crippen LogP contribution < -0.4 is 5.63 Å². The van der Waals surface area contributed by atoms with Crippen molar-refractivity contribution in [2.24, 2.45) is 0 Å². The van der Waals surface area contributed by atoms with Gasteiger partial charge < -0.3 is 9.15 Å². The van der Waals surface area contributed by atoms with E-state index in [1.54, 1.807) is 38.1 Å². The molecule has 0 aliphatic rings. The average Bonchev–Trinajstić information content (AvgIpc) is 2.31. The second-order valence-corrected chi connectivity index (χ2v) is 3.61. The van der Waals surface area contributed by atoms with E-state index < -0.39 is 11.6 Å². The Labute approximate surface area is 97.8 Å². The van der Waals surface area contributed by atoms with Crippen LogP contribution in [0.5, 0.6) is 0 Å². The minimum atomic E-state index is -0.508. The zero-order valence-corrected chi connectivity index (χ0v) is 9.65.